The molecular weight excluding hydrogens is 314 g/mol. The maximum Gasteiger partial charge on any atom is 0.251 e. The van der Waals surface area contributed by atoms with Gasteiger partial charge in [-0.2, -0.15) is 0 Å². The Labute approximate surface area is 139 Å². The molecule has 0 unspecified atom stereocenters. The Hall–Kier alpha value is -2.66. The van der Waals surface area contributed by atoms with Crippen molar-refractivity contribution >= 4 is 35.2 Å². The maximum atomic E-state index is 11.9. The van der Waals surface area contributed by atoms with Gasteiger partial charge in [0.15, 0.2) is 0 Å². The van der Waals surface area contributed by atoms with Crippen molar-refractivity contribution in [3.8, 4) is 0 Å². The number of aryl methyl sites for hydroxylation is 1. The van der Waals surface area contributed by atoms with Gasteiger partial charge in [0.2, 0.25) is 5.91 Å². The number of carbonyl (C=O) groups is 2. The molecule has 23 heavy (non-hydrogen) atoms. The van der Waals surface area contributed by atoms with E-state index < -0.39 is 0 Å². The number of aromatic nitrogens is 1. The van der Waals surface area contributed by atoms with Crippen LogP contribution >= 0.6 is 11.6 Å². The Morgan fingerprint density at radius 1 is 1.22 bits per heavy atom. The van der Waals surface area contributed by atoms with Crippen molar-refractivity contribution in [3.63, 3.8) is 0 Å². The zero-order valence-electron chi connectivity index (χ0n) is 12.8. The topological polar surface area (TPSA) is 71.1 Å². The van der Waals surface area contributed by atoms with E-state index in [4.69, 9.17) is 11.6 Å². The highest BCUT2D eigenvalue weighted by atomic mass is 35.5. The SMILES string of the molecule is CNC(=O)c1ccc(C=CC(=O)Nc2cnc(Cl)c(C)c2)cc1. The molecular formula is C17H16ClN3O2. The van der Waals surface area contributed by atoms with Crippen molar-refractivity contribution in [3.05, 3.63) is 64.4 Å². The van der Waals surface area contributed by atoms with Crippen LogP contribution in [0.15, 0.2) is 42.6 Å². The van der Waals surface area contributed by atoms with Gasteiger partial charge in [0.25, 0.3) is 5.91 Å². The molecule has 0 aliphatic heterocycles. The van der Waals surface area contributed by atoms with E-state index >= 15 is 0 Å². The lowest BCUT2D eigenvalue weighted by atomic mass is 10.1. The van der Waals surface area contributed by atoms with Crippen LogP contribution < -0.4 is 10.6 Å². The van der Waals surface area contributed by atoms with Gasteiger partial charge in [-0.3, -0.25) is 9.59 Å². The number of nitrogens with one attached hydrogen (secondary N) is 2. The van der Waals surface area contributed by atoms with E-state index in [0.29, 0.717) is 16.4 Å². The van der Waals surface area contributed by atoms with Crippen molar-refractivity contribution in [2.45, 2.75) is 6.92 Å². The van der Waals surface area contributed by atoms with Crippen molar-refractivity contribution in [1.82, 2.24) is 10.3 Å². The number of pyridine rings is 1. The minimum Gasteiger partial charge on any atom is -0.355 e. The van der Waals surface area contributed by atoms with Crippen LogP contribution in [0.4, 0.5) is 5.69 Å². The van der Waals surface area contributed by atoms with E-state index in [1.807, 2.05) is 6.92 Å². The van der Waals surface area contributed by atoms with Crippen LogP contribution in [0, 0.1) is 6.92 Å². The second-order valence-corrected chi connectivity index (χ2v) is 5.21. The first kappa shape index (κ1) is 16.7. The molecule has 0 spiro atoms. The first-order valence-corrected chi connectivity index (χ1v) is 7.31. The number of amides is 2. The fourth-order valence-corrected chi connectivity index (χ4v) is 1.98. The molecule has 2 N–H and O–H groups in total. The third-order valence-electron chi connectivity index (χ3n) is 3.11. The number of benzene rings is 1. The van der Waals surface area contributed by atoms with Gasteiger partial charge in [-0.25, -0.2) is 4.98 Å². The third kappa shape index (κ3) is 4.66. The second kappa shape index (κ2) is 7.56. The van der Waals surface area contributed by atoms with Crippen LogP contribution in [0.3, 0.4) is 0 Å². The summed E-state index contributed by atoms with van der Waals surface area (Å²) in [5, 5.41) is 5.67. The summed E-state index contributed by atoms with van der Waals surface area (Å²) in [6.07, 6.45) is 4.58. The van der Waals surface area contributed by atoms with Crippen LogP contribution in [0.5, 0.6) is 0 Å². The fourth-order valence-electron chi connectivity index (χ4n) is 1.87. The monoisotopic (exact) mass is 329 g/mol. The van der Waals surface area contributed by atoms with Gasteiger partial charge in [0.05, 0.1) is 11.9 Å². The second-order valence-electron chi connectivity index (χ2n) is 4.86. The molecule has 1 aromatic heterocycles. The minimum atomic E-state index is -0.274. The van der Waals surface area contributed by atoms with E-state index in [1.54, 1.807) is 43.5 Å². The van der Waals surface area contributed by atoms with Crippen molar-refractivity contribution < 1.29 is 9.59 Å². The molecule has 0 saturated carbocycles. The predicted molar refractivity (Wildman–Crippen MR) is 91.5 cm³/mol. The van der Waals surface area contributed by atoms with Crippen LogP contribution in [-0.4, -0.2) is 23.8 Å². The Morgan fingerprint density at radius 3 is 2.52 bits per heavy atom. The molecule has 5 nitrogen and oxygen atoms in total. The molecule has 0 saturated heterocycles. The van der Waals surface area contributed by atoms with Crippen molar-refractivity contribution in [2.24, 2.45) is 0 Å². The van der Waals surface area contributed by atoms with Gasteiger partial charge in [-0.15, -0.1) is 0 Å². The Kier molecular flexibility index (Phi) is 5.49. The number of halogens is 1. The number of carbonyl (C=O) groups excluding carboxylic acids is 2. The van der Waals surface area contributed by atoms with Gasteiger partial charge < -0.3 is 10.6 Å². The van der Waals surface area contributed by atoms with Crippen molar-refractivity contribution in [1.29, 1.82) is 0 Å². The molecule has 2 amide bonds. The molecule has 0 aliphatic rings. The first-order chi connectivity index (χ1) is 11.0. The lowest BCUT2D eigenvalue weighted by molar-refractivity contribution is -0.111. The zero-order valence-corrected chi connectivity index (χ0v) is 13.5. The number of hydrogen-bond donors (Lipinski definition) is 2. The van der Waals surface area contributed by atoms with Gasteiger partial charge in [0.1, 0.15) is 5.15 Å². The largest absolute Gasteiger partial charge is 0.355 e. The highest BCUT2D eigenvalue weighted by Crippen LogP contribution is 2.16. The Balaban J connectivity index is 2.00. The van der Waals surface area contributed by atoms with Crippen LogP contribution in [-0.2, 0) is 4.79 Å². The quantitative estimate of drug-likeness (QED) is 0.669. The summed E-state index contributed by atoms with van der Waals surface area (Å²) in [5.74, 6) is -0.423. The summed E-state index contributed by atoms with van der Waals surface area (Å²) in [4.78, 5) is 27.3. The van der Waals surface area contributed by atoms with E-state index in [9.17, 15) is 9.59 Å². The molecule has 0 bridgehead atoms. The van der Waals surface area contributed by atoms with E-state index in [0.717, 1.165) is 11.1 Å². The molecule has 6 heteroatoms. The van der Waals surface area contributed by atoms with Gasteiger partial charge in [-0.05, 0) is 42.3 Å². The van der Waals surface area contributed by atoms with Crippen LogP contribution in [0.25, 0.3) is 6.08 Å². The summed E-state index contributed by atoms with van der Waals surface area (Å²) in [7, 11) is 1.58. The van der Waals surface area contributed by atoms with Gasteiger partial charge >= 0.3 is 0 Å². The summed E-state index contributed by atoms with van der Waals surface area (Å²) < 4.78 is 0. The van der Waals surface area contributed by atoms with Gasteiger partial charge in [0, 0.05) is 18.7 Å². The highest BCUT2D eigenvalue weighted by Gasteiger charge is 2.03. The molecule has 118 valence electrons. The number of hydrogen-bond acceptors (Lipinski definition) is 3. The number of rotatable bonds is 4. The fraction of sp³-hybridized carbons (Fsp3) is 0.118. The van der Waals surface area contributed by atoms with Crippen molar-refractivity contribution in [2.75, 3.05) is 12.4 Å². The standard InChI is InChI=1S/C17H16ClN3O2/c1-11-9-14(10-20-16(11)18)21-15(22)8-5-12-3-6-13(7-4-12)17(23)19-2/h3-10H,1-2H3,(H,19,23)(H,21,22). The molecule has 0 fully saturated rings. The summed E-state index contributed by atoms with van der Waals surface area (Å²) >= 11 is 5.84. The average Bonchev–Trinajstić information content (AvgIpc) is 2.56. The minimum absolute atomic E-state index is 0.149. The lowest BCUT2D eigenvalue weighted by Crippen LogP contribution is -2.17. The Morgan fingerprint density at radius 2 is 1.91 bits per heavy atom. The zero-order chi connectivity index (χ0) is 16.8. The van der Waals surface area contributed by atoms with E-state index in [1.165, 1.54) is 12.3 Å². The van der Waals surface area contributed by atoms with E-state index in [2.05, 4.69) is 15.6 Å². The first-order valence-electron chi connectivity index (χ1n) is 6.93. The highest BCUT2D eigenvalue weighted by molar-refractivity contribution is 6.30. The normalized spacial score (nSPS) is 10.6. The maximum absolute atomic E-state index is 11.9. The molecule has 2 rings (SSSR count). The summed E-state index contributed by atoms with van der Waals surface area (Å²) in [6, 6.07) is 8.68. The average molecular weight is 330 g/mol. The molecule has 0 atom stereocenters. The molecule has 2 aromatic rings. The van der Waals surface area contributed by atoms with Gasteiger partial charge in [-0.1, -0.05) is 23.7 Å². The number of anilines is 1. The third-order valence-corrected chi connectivity index (χ3v) is 3.50. The summed E-state index contributed by atoms with van der Waals surface area (Å²) in [6.45, 7) is 1.81. The van der Waals surface area contributed by atoms with Crippen LogP contribution in [0.1, 0.15) is 21.5 Å². The molecule has 0 radical (unpaired) electrons. The summed E-state index contributed by atoms with van der Waals surface area (Å²) in [5.41, 5.74) is 2.75. The molecule has 1 aromatic carbocycles. The predicted octanol–water partition coefficient (Wildman–Crippen LogP) is 3.05. The van der Waals surface area contributed by atoms with E-state index in [-0.39, 0.29) is 11.8 Å². The molecule has 1 heterocycles. The lowest BCUT2D eigenvalue weighted by Gasteiger charge is -2.04. The smallest absolute Gasteiger partial charge is 0.251 e. The Bertz CT molecular complexity index is 755. The molecule has 0 aliphatic carbocycles. The van der Waals surface area contributed by atoms with Crippen LogP contribution in [0.2, 0.25) is 5.15 Å². The number of nitrogens with zero attached hydrogens (tertiary/aromatic N) is 1.